The van der Waals surface area contributed by atoms with Crippen molar-refractivity contribution in [1.29, 1.82) is 0 Å². The molecule has 0 fully saturated rings. The van der Waals surface area contributed by atoms with Gasteiger partial charge in [0.25, 0.3) is 5.69 Å². The van der Waals surface area contributed by atoms with E-state index in [9.17, 15) is 23.6 Å². The van der Waals surface area contributed by atoms with Gasteiger partial charge in [-0.25, -0.2) is 8.42 Å². The molecule has 150 valence electrons. The molecule has 28 heavy (non-hydrogen) atoms. The largest absolute Gasteiger partial charge is 0.508 e. The average molecular weight is 406 g/mol. The van der Waals surface area contributed by atoms with Crippen LogP contribution in [0.25, 0.3) is 0 Å². The van der Waals surface area contributed by atoms with Crippen molar-refractivity contribution in [3.63, 3.8) is 0 Å². The molecule has 2 N–H and O–H groups in total. The van der Waals surface area contributed by atoms with Crippen LogP contribution in [-0.4, -0.2) is 41.6 Å². The van der Waals surface area contributed by atoms with Crippen molar-refractivity contribution in [2.75, 3.05) is 18.5 Å². The highest BCUT2D eigenvalue weighted by Gasteiger charge is 2.25. The van der Waals surface area contributed by atoms with Gasteiger partial charge in [0.05, 0.1) is 15.5 Å². The molecule has 0 aliphatic rings. The first kappa shape index (κ1) is 21.3. The summed E-state index contributed by atoms with van der Waals surface area (Å²) in [5.41, 5.74) is 3.55. The summed E-state index contributed by atoms with van der Waals surface area (Å²) in [6.45, 7) is 5.63. The number of phenolic OH excluding ortho intramolecular Hbond substituents is 1. The van der Waals surface area contributed by atoms with Crippen LogP contribution >= 0.6 is 0 Å². The molecule has 0 saturated heterocycles. The fourth-order valence-corrected chi connectivity index (χ4v) is 4.02. The number of nitro benzene ring substituents is 1. The second-order valence-corrected chi connectivity index (χ2v) is 7.82. The molecule has 0 unspecified atom stereocenters. The zero-order valence-corrected chi connectivity index (χ0v) is 16.6. The lowest BCUT2D eigenvalue weighted by molar-refractivity contribution is -0.384. The lowest BCUT2D eigenvalue weighted by atomic mass is 10.1. The number of nitro groups is 1. The molecule has 2 aromatic rings. The molecular weight excluding hydrogens is 384 g/mol. The second-order valence-electron chi connectivity index (χ2n) is 5.88. The van der Waals surface area contributed by atoms with Crippen LogP contribution in [-0.2, 0) is 10.0 Å². The number of benzene rings is 2. The summed E-state index contributed by atoms with van der Waals surface area (Å²) in [5.74, 6) is 0.116. The van der Waals surface area contributed by atoms with Crippen LogP contribution in [0, 0.1) is 10.1 Å². The van der Waals surface area contributed by atoms with E-state index < -0.39 is 20.6 Å². The van der Waals surface area contributed by atoms with Crippen LogP contribution in [0.4, 0.5) is 11.4 Å². The maximum Gasteiger partial charge on any atom is 0.295 e. The quantitative estimate of drug-likeness (QED) is 0.394. The normalized spacial score (nSPS) is 12.2. The van der Waals surface area contributed by atoms with Crippen molar-refractivity contribution >= 4 is 27.1 Å². The number of hydrogen-bond acceptors (Lipinski definition) is 7. The molecule has 0 amide bonds. The zero-order chi connectivity index (χ0) is 20.9. The highest BCUT2D eigenvalue weighted by Crippen LogP contribution is 2.29. The molecule has 2 rings (SSSR count). The van der Waals surface area contributed by atoms with E-state index in [0.29, 0.717) is 11.3 Å². The second kappa shape index (κ2) is 8.81. The van der Waals surface area contributed by atoms with Crippen LogP contribution in [0.2, 0.25) is 0 Å². The number of aromatic hydroxyl groups is 1. The summed E-state index contributed by atoms with van der Waals surface area (Å²) >= 11 is 0. The Morgan fingerprint density at radius 1 is 1.18 bits per heavy atom. The predicted molar refractivity (Wildman–Crippen MR) is 107 cm³/mol. The number of anilines is 1. The van der Waals surface area contributed by atoms with Gasteiger partial charge < -0.3 is 5.11 Å². The van der Waals surface area contributed by atoms with Crippen molar-refractivity contribution in [1.82, 2.24) is 4.31 Å². The summed E-state index contributed by atoms with van der Waals surface area (Å²) in [6, 6.07) is 9.99. The Bertz CT molecular complexity index is 984. The Labute approximate surface area is 163 Å². The lowest BCUT2D eigenvalue weighted by Crippen LogP contribution is -2.30. The summed E-state index contributed by atoms with van der Waals surface area (Å²) in [4.78, 5) is 10.6. The van der Waals surface area contributed by atoms with E-state index in [4.69, 9.17) is 0 Å². The number of hydrazone groups is 1. The molecule has 0 radical (unpaired) electrons. The fourth-order valence-electron chi connectivity index (χ4n) is 2.54. The maximum atomic E-state index is 12.6. The van der Waals surface area contributed by atoms with Gasteiger partial charge in [0, 0.05) is 19.2 Å². The first-order chi connectivity index (χ1) is 13.2. The third-order valence-corrected chi connectivity index (χ3v) is 6.18. The number of nitrogens with one attached hydrogen (secondary N) is 1. The van der Waals surface area contributed by atoms with Gasteiger partial charge in [0.2, 0.25) is 10.0 Å². The Morgan fingerprint density at radius 3 is 2.32 bits per heavy atom. The minimum absolute atomic E-state index is 0.0709. The number of rotatable bonds is 8. The van der Waals surface area contributed by atoms with E-state index in [0.717, 1.165) is 6.07 Å². The molecule has 10 heteroatoms. The molecule has 2 aromatic carbocycles. The van der Waals surface area contributed by atoms with E-state index in [-0.39, 0.29) is 29.4 Å². The molecule has 9 nitrogen and oxygen atoms in total. The highest BCUT2D eigenvalue weighted by atomic mass is 32.2. The Morgan fingerprint density at radius 2 is 1.79 bits per heavy atom. The number of hydrogen-bond donors (Lipinski definition) is 2. The number of sulfonamides is 1. The minimum atomic E-state index is -3.81. The van der Waals surface area contributed by atoms with E-state index >= 15 is 0 Å². The smallest absolute Gasteiger partial charge is 0.295 e. The van der Waals surface area contributed by atoms with Gasteiger partial charge in [-0.1, -0.05) is 13.8 Å². The fraction of sp³-hybridized carbons (Fsp3) is 0.278. The van der Waals surface area contributed by atoms with Crippen molar-refractivity contribution in [2.45, 2.75) is 25.7 Å². The Hall–Kier alpha value is -2.98. The lowest BCUT2D eigenvalue weighted by Gasteiger charge is -2.18. The van der Waals surface area contributed by atoms with Crippen LogP contribution in [0.1, 0.15) is 26.3 Å². The van der Waals surface area contributed by atoms with E-state index in [1.54, 1.807) is 32.9 Å². The first-order valence-electron chi connectivity index (χ1n) is 8.59. The van der Waals surface area contributed by atoms with Gasteiger partial charge in [-0.3, -0.25) is 15.5 Å². The molecule has 0 atom stereocenters. The number of nitrogens with zero attached hydrogens (tertiary/aromatic N) is 3. The van der Waals surface area contributed by atoms with Gasteiger partial charge in [-0.05, 0) is 48.9 Å². The van der Waals surface area contributed by atoms with Gasteiger partial charge in [0.1, 0.15) is 11.4 Å². The molecule has 0 bridgehead atoms. The minimum Gasteiger partial charge on any atom is -0.508 e. The molecule has 0 saturated carbocycles. The van der Waals surface area contributed by atoms with Crippen LogP contribution < -0.4 is 5.43 Å². The molecular formula is C18H22N4O5S. The molecule has 0 heterocycles. The molecule has 0 aliphatic carbocycles. The van der Waals surface area contributed by atoms with Crippen molar-refractivity contribution in [2.24, 2.45) is 5.10 Å². The third-order valence-electron chi connectivity index (χ3n) is 4.14. The number of phenols is 1. The standard InChI is InChI=1S/C18H22N4O5S/c1-4-21(5-2)28(26,27)16-10-11-17(18(12-16)22(24)25)20-19-13(3)14-6-8-15(23)9-7-14/h6-12,20,23H,4-5H2,1-3H3/b19-13+. The van der Waals surface area contributed by atoms with Crippen LogP contribution in [0.5, 0.6) is 5.75 Å². The Balaban J connectivity index is 2.37. The summed E-state index contributed by atoms with van der Waals surface area (Å²) in [7, 11) is -3.81. The molecule has 0 aliphatic heterocycles. The first-order valence-corrected chi connectivity index (χ1v) is 10.0. The van der Waals surface area contributed by atoms with Crippen LogP contribution in [0.15, 0.2) is 52.5 Å². The summed E-state index contributed by atoms with van der Waals surface area (Å²) in [5, 5.41) is 24.9. The maximum absolute atomic E-state index is 12.6. The van der Waals surface area contributed by atoms with Crippen molar-refractivity contribution in [3.8, 4) is 5.75 Å². The Kier molecular flexibility index (Phi) is 6.71. The van der Waals surface area contributed by atoms with E-state index in [2.05, 4.69) is 10.5 Å². The van der Waals surface area contributed by atoms with Crippen LogP contribution in [0.3, 0.4) is 0 Å². The average Bonchev–Trinajstić information content (AvgIpc) is 2.67. The third kappa shape index (κ3) is 4.65. The zero-order valence-electron chi connectivity index (χ0n) is 15.8. The SMILES string of the molecule is CCN(CC)S(=O)(=O)c1ccc(N/N=C(\C)c2ccc(O)cc2)c([N+](=O)[O-])c1. The topological polar surface area (TPSA) is 125 Å². The molecule has 0 spiro atoms. The van der Waals surface area contributed by atoms with Gasteiger partial charge in [0.15, 0.2) is 0 Å². The molecule has 0 aromatic heterocycles. The van der Waals surface area contributed by atoms with Gasteiger partial charge in [-0.15, -0.1) is 0 Å². The predicted octanol–water partition coefficient (Wildman–Crippen LogP) is 3.17. The summed E-state index contributed by atoms with van der Waals surface area (Å²) < 4.78 is 26.4. The monoisotopic (exact) mass is 406 g/mol. The summed E-state index contributed by atoms with van der Waals surface area (Å²) in [6.07, 6.45) is 0. The van der Waals surface area contributed by atoms with E-state index in [1.165, 1.54) is 28.6 Å². The van der Waals surface area contributed by atoms with Gasteiger partial charge in [-0.2, -0.15) is 9.41 Å². The highest BCUT2D eigenvalue weighted by molar-refractivity contribution is 7.89. The van der Waals surface area contributed by atoms with Crippen molar-refractivity contribution < 1.29 is 18.4 Å². The van der Waals surface area contributed by atoms with Crippen molar-refractivity contribution in [3.05, 3.63) is 58.1 Å². The van der Waals surface area contributed by atoms with E-state index in [1.807, 2.05) is 0 Å². The van der Waals surface area contributed by atoms with Gasteiger partial charge >= 0.3 is 0 Å².